The lowest BCUT2D eigenvalue weighted by molar-refractivity contribution is 0.0979. The summed E-state index contributed by atoms with van der Waals surface area (Å²) in [5, 5.41) is 11.5. The minimum atomic E-state index is -0.178. The van der Waals surface area contributed by atoms with E-state index in [2.05, 4.69) is 20.4 Å². The lowest BCUT2D eigenvalue weighted by Gasteiger charge is -2.22. The van der Waals surface area contributed by atoms with E-state index in [1.807, 2.05) is 74.8 Å². The zero-order chi connectivity index (χ0) is 19.8. The van der Waals surface area contributed by atoms with Gasteiger partial charge in [0.2, 0.25) is 0 Å². The zero-order valence-corrected chi connectivity index (χ0v) is 16.2. The molecule has 0 aliphatic heterocycles. The Bertz CT molecular complexity index is 866. The molecule has 0 atom stereocenters. The van der Waals surface area contributed by atoms with Gasteiger partial charge in [-0.05, 0) is 43.9 Å². The van der Waals surface area contributed by atoms with E-state index in [4.69, 9.17) is 0 Å². The smallest absolute Gasteiger partial charge is 0.279 e. The van der Waals surface area contributed by atoms with Crippen molar-refractivity contribution in [3.63, 3.8) is 0 Å². The number of rotatable bonds is 8. The Morgan fingerprint density at radius 3 is 2.18 bits per heavy atom. The lowest BCUT2D eigenvalue weighted by Crippen LogP contribution is -2.31. The Labute approximate surface area is 165 Å². The number of carbonyl (C=O) groups is 1. The number of carbonyl (C=O) groups excluding carboxylic acids is 1. The average Bonchev–Trinajstić information content (AvgIpc) is 2.73. The second-order valence-corrected chi connectivity index (χ2v) is 6.75. The van der Waals surface area contributed by atoms with Gasteiger partial charge in [-0.3, -0.25) is 4.79 Å². The summed E-state index contributed by atoms with van der Waals surface area (Å²) >= 11 is 0. The topological polar surface area (TPSA) is 61.4 Å². The molecule has 0 aliphatic carbocycles. The molecule has 1 aromatic heterocycles. The van der Waals surface area contributed by atoms with Crippen molar-refractivity contribution in [1.29, 1.82) is 0 Å². The van der Waals surface area contributed by atoms with Crippen molar-refractivity contribution in [2.45, 2.75) is 6.54 Å². The Kier molecular flexibility index (Phi) is 6.70. The minimum absolute atomic E-state index is 0.178. The van der Waals surface area contributed by atoms with E-state index >= 15 is 0 Å². The Morgan fingerprint density at radius 2 is 1.57 bits per heavy atom. The van der Waals surface area contributed by atoms with Crippen LogP contribution in [0, 0.1) is 0 Å². The highest BCUT2D eigenvalue weighted by atomic mass is 16.2. The van der Waals surface area contributed by atoms with Crippen molar-refractivity contribution in [2.75, 3.05) is 37.4 Å². The first-order valence-electron chi connectivity index (χ1n) is 9.26. The maximum Gasteiger partial charge on any atom is 0.279 e. The van der Waals surface area contributed by atoms with Crippen LogP contribution in [-0.2, 0) is 6.54 Å². The fraction of sp³-hybridized carbons (Fsp3) is 0.227. The number of anilines is 2. The summed E-state index contributed by atoms with van der Waals surface area (Å²) in [6, 6.07) is 23.0. The van der Waals surface area contributed by atoms with Gasteiger partial charge in [-0.15, -0.1) is 10.2 Å². The lowest BCUT2D eigenvalue weighted by atomic mass is 10.2. The summed E-state index contributed by atoms with van der Waals surface area (Å²) in [4.78, 5) is 17.0. The highest BCUT2D eigenvalue weighted by Gasteiger charge is 2.19. The molecular formula is C22H25N5O. The number of nitrogens with one attached hydrogen (secondary N) is 1. The Hall–Kier alpha value is -3.25. The van der Waals surface area contributed by atoms with Crippen molar-refractivity contribution >= 4 is 17.4 Å². The first kappa shape index (κ1) is 19.5. The van der Waals surface area contributed by atoms with Crippen LogP contribution in [0.5, 0.6) is 0 Å². The van der Waals surface area contributed by atoms with Gasteiger partial charge in [-0.25, -0.2) is 0 Å². The molecule has 0 fully saturated rings. The quantitative estimate of drug-likeness (QED) is 0.655. The van der Waals surface area contributed by atoms with E-state index in [1.165, 1.54) is 0 Å². The number of para-hydroxylation sites is 1. The molecule has 1 heterocycles. The predicted molar refractivity (Wildman–Crippen MR) is 112 cm³/mol. The van der Waals surface area contributed by atoms with E-state index in [0.29, 0.717) is 18.1 Å². The van der Waals surface area contributed by atoms with Crippen LogP contribution >= 0.6 is 0 Å². The van der Waals surface area contributed by atoms with E-state index in [1.54, 1.807) is 17.0 Å². The number of benzene rings is 2. The highest BCUT2D eigenvalue weighted by molar-refractivity contribution is 6.04. The molecular weight excluding hydrogens is 350 g/mol. The zero-order valence-electron chi connectivity index (χ0n) is 16.2. The van der Waals surface area contributed by atoms with Crippen molar-refractivity contribution in [3.8, 4) is 0 Å². The fourth-order valence-corrected chi connectivity index (χ4v) is 2.74. The molecule has 0 radical (unpaired) electrons. The molecule has 3 rings (SSSR count). The normalized spacial score (nSPS) is 10.7. The molecule has 0 bridgehead atoms. The number of nitrogens with zero attached hydrogens (tertiary/aromatic N) is 4. The summed E-state index contributed by atoms with van der Waals surface area (Å²) in [6.45, 7) is 2.12. The number of hydrogen-bond donors (Lipinski definition) is 1. The number of aromatic nitrogens is 2. The van der Waals surface area contributed by atoms with E-state index in [-0.39, 0.29) is 5.91 Å². The van der Waals surface area contributed by atoms with Gasteiger partial charge >= 0.3 is 0 Å². The van der Waals surface area contributed by atoms with Crippen LogP contribution in [0.3, 0.4) is 0 Å². The Balaban J connectivity index is 1.77. The van der Waals surface area contributed by atoms with Crippen molar-refractivity contribution in [2.24, 2.45) is 0 Å². The molecule has 28 heavy (non-hydrogen) atoms. The third kappa shape index (κ3) is 5.37. The van der Waals surface area contributed by atoms with Crippen LogP contribution in [0.25, 0.3) is 0 Å². The molecule has 0 saturated heterocycles. The van der Waals surface area contributed by atoms with Crippen LogP contribution in [-0.4, -0.2) is 48.2 Å². The third-order valence-electron chi connectivity index (χ3n) is 4.25. The Morgan fingerprint density at radius 1 is 0.893 bits per heavy atom. The molecule has 3 aromatic rings. The van der Waals surface area contributed by atoms with Crippen molar-refractivity contribution in [1.82, 2.24) is 15.1 Å². The molecule has 0 spiro atoms. The summed E-state index contributed by atoms with van der Waals surface area (Å²) in [7, 11) is 4.03. The maximum atomic E-state index is 13.2. The van der Waals surface area contributed by atoms with Gasteiger partial charge in [0, 0.05) is 18.8 Å². The molecule has 0 unspecified atom stereocenters. The SMILES string of the molecule is CN(C)CCNc1ccc(C(=O)N(Cc2ccccc2)c2ccccc2)nn1. The third-order valence-corrected chi connectivity index (χ3v) is 4.25. The van der Waals surface area contributed by atoms with Crippen LogP contribution < -0.4 is 10.2 Å². The van der Waals surface area contributed by atoms with Gasteiger partial charge in [0.25, 0.3) is 5.91 Å². The fourth-order valence-electron chi connectivity index (χ4n) is 2.74. The van der Waals surface area contributed by atoms with Crippen LogP contribution in [0.2, 0.25) is 0 Å². The monoisotopic (exact) mass is 375 g/mol. The summed E-state index contributed by atoms with van der Waals surface area (Å²) < 4.78 is 0. The van der Waals surface area contributed by atoms with Gasteiger partial charge in [-0.1, -0.05) is 48.5 Å². The molecule has 0 aliphatic rings. The summed E-state index contributed by atoms with van der Waals surface area (Å²) in [5.41, 5.74) is 2.19. The second-order valence-electron chi connectivity index (χ2n) is 6.75. The predicted octanol–water partition coefficient (Wildman–Crippen LogP) is 3.30. The molecule has 2 aromatic carbocycles. The first-order valence-corrected chi connectivity index (χ1v) is 9.26. The highest BCUT2D eigenvalue weighted by Crippen LogP contribution is 2.19. The molecule has 0 saturated carbocycles. The van der Waals surface area contributed by atoms with Crippen molar-refractivity contribution < 1.29 is 4.79 Å². The minimum Gasteiger partial charge on any atom is -0.367 e. The average molecular weight is 375 g/mol. The summed E-state index contributed by atoms with van der Waals surface area (Å²) in [5.74, 6) is 0.482. The van der Waals surface area contributed by atoms with Crippen LogP contribution in [0.4, 0.5) is 11.5 Å². The molecule has 1 N–H and O–H groups in total. The van der Waals surface area contributed by atoms with Gasteiger partial charge in [0.15, 0.2) is 5.69 Å². The summed E-state index contributed by atoms with van der Waals surface area (Å²) in [6.07, 6.45) is 0. The van der Waals surface area contributed by atoms with Crippen molar-refractivity contribution in [3.05, 3.63) is 84.1 Å². The second kappa shape index (κ2) is 9.62. The standard InChI is InChI=1S/C22H25N5O/c1-26(2)16-15-23-21-14-13-20(24-25-21)22(28)27(19-11-7-4-8-12-19)17-18-9-5-3-6-10-18/h3-14H,15-17H2,1-2H3,(H,23,25). The molecule has 6 nitrogen and oxygen atoms in total. The first-order chi connectivity index (χ1) is 13.6. The van der Waals surface area contributed by atoms with Gasteiger partial charge in [-0.2, -0.15) is 0 Å². The maximum absolute atomic E-state index is 13.2. The molecule has 1 amide bonds. The number of amides is 1. The van der Waals surface area contributed by atoms with Gasteiger partial charge in [0.05, 0.1) is 6.54 Å². The number of likely N-dealkylation sites (N-methyl/N-ethyl adjacent to an activating group) is 1. The van der Waals surface area contributed by atoms with E-state index in [0.717, 1.165) is 24.3 Å². The van der Waals surface area contributed by atoms with Gasteiger partial charge < -0.3 is 15.1 Å². The molecule has 6 heteroatoms. The van der Waals surface area contributed by atoms with Crippen LogP contribution in [0.1, 0.15) is 16.1 Å². The molecule has 144 valence electrons. The largest absolute Gasteiger partial charge is 0.367 e. The van der Waals surface area contributed by atoms with Crippen LogP contribution in [0.15, 0.2) is 72.8 Å². The van der Waals surface area contributed by atoms with E-state index in [9.17, 15) is 4.79 Å². The van der Waals surface area contributed by atoms with Gasteiger partial charge in [0.1, 0.15) is 5.82 Å². The van der Waals surface area contributed by atoms with E-state index < -0.39 is 0 Å². The number of hydrogen-bond acceptors (Lipinski definition) is 5.